The fourth-order valence-corrected chi connectivity index (χ4v) is 0.981. The topological polar surface area (TPSA) is 33.0 Å². The summed E-state index contributed by atoms with van der Waals surface area (Å²) in [6.07, 6.45) is 3.86. The van der Waals surface area contributed by atoms with Crippen LogP contribution in [0, 0.1) is 17.2 Å². The van der Waals surface area contributed by atoms with Gasteiger partial charge in [0.15, 0.2) is 6.10 Å². The number of nitrogens with zero attached hydrogens (tertiary/aromatic N) is 1. The molecule has 2 nitrogen and oxygen atoms in total. The Morgan fingerprint density at radius 1 is 1.40 bits per heavy atom. The van der Waals surface area contributed by atoms with E-state index in [4.69, 9.17) is 10.00 Å². The molecule has 0 spiro atoms. The monoisotopic (exact) mass is 137 g/mol. The fraction of sp³-hybridized carbons (Fsp3) is 0.625. The highest BCUT2D eigenvalue weighted by Crippen LogP contribution is 2.16. The summed E-state index contributed by atoms with van der Waals surface area (Å²) in [4.78, 5) is 0. The van der Waals surface area contributed by atoms with E-state index >= 15 is 0 Å². The molecule has 0 aromatic carbocycles. The van der Waals surface area contributed by atoms with Gasteiger partial charge in [0.25, 0.3) is 0 Å². The van der Waals surface area contributed by atoms with Crippen molar-refractivity contribution in [3.8, 4) is 6.07 Å². The second-order valence-electron chi connectivity index (χ2n) is 2.63. The third-order valence-electron chi connectivity index (χ3n) is 1.65. The normalized spacial score (nSPS) is 39.1. The van der Waals surface area contributed by atoms with Crippen molar-refractivity contribution in [3.63, 3.8) is 0 Å². The van der Waals surface area contributed by atoms with Crippen molar-refractivity contribution in [2.75, 3.05) is 0 Å². The molecule has 0 aromatic heterocycles. The predicted octanol–water partition coefficient (Wildman–Crippen LogP) is 1.49. The van der Waals surface area contributed by atoms with E-state index in [-0.39, 0.29) is 18.1 Å². The van der Waals surface area contributed by atoms with Crippen LogP contribution in [-0.2, 0) is 4.74 Å². The number of nitriles is 1. The maximum atomic E-state index is 8.57. The Labute approximate surface area is 61.1 Å². The van der Waals surface area contributed by atoms with Crippen molar-refractivity contribution in [2.24, 2.45) is 5.92 Å². The lowest BCUT2D eigenvalue weighted by Crippen LogP contribution is -2.26. The first kappa shape index (κ1) is 7.30. The van der Waals surface area contributed by atoms with Gasteiger partial charge in [0.2, 0.25) is 0 Å². The molecule has 0 aromatic rings. The zero-order chi connectivity index (χ0) is 7.56. The number of hydrogen-bond donors (Lipinski definition) is 0. The first-order valence-electron chi connectivity index (χ1n) is 3.47. The molecule has 3 unspecified atom stereocenters. The van der Waals surface area contributed by atoms with Crippen LogP contribution in [0.4, 0.5) is 0 Å². The van der Waals surface area contributed by atoms with Gasteiger partial charge in [0.1, 0.15) is 0 Å². The average molecular weight is 137 g/mol. The summed E-state index contributed by atoms with van der Waals surface area (Å²) in [5.74, 6) is 0.237. The molecule has 0 aliphatic carbocycles. The lowest BCUT2D eigenvalue weighted by molar-refractivity contribution is 0.0256. The molecule has 0 bridgehead atoms. The molecule has 1 rings (SSSR count). The molecule has 0 radical (unpaired) electrons. The third-order valence-corrected chi connectivity index (χ3v) is 1.65. The molecule has 0 amide bonds. The highest BCUT2D eigenvalue weighted by atomic mass is 16.5. The molecule has 0 saturated carbocycles. The Balaban J connectivity index is 2.64. The molecule has 3 atom stereocenters. The van der Waals surface area contributed by atoms with Crippen molar-refractivity contribution in [3.05, 3.63) is 12.2 Å². The van der Waals surface area contributed by atoms with E-state index < -0.39 is 0 Å². The molecular weight excluding hydrogens is 126 g/mol. The second kappa shape index (κ2) is 2.85. The number of rotatable bonds is 0. The van der Waals surface area contributed by atoms with E-state index in [9.17, 15) is 0 Å². The van der Waals surface area contributed by atoms with Crippen LogP contribution in [0.3, 0.4) is 0 Å². The van der Waals surface area contributed by atoms with Crippen molar-refractivity contribution >= 4 is 0 Å². The summed E-state index contributed by atoms with van der Waals surface area (Å²) in [6, 6.07) is 2.11. The van der Waals surface area contributed by atoms with Crippen LogP contribution in [0.5, 0.6) is 0 Å². The van der Waals surface area contributed by atoms with Crippen molar-refractivity contribution < 1.29 is 4.74 Å². The van der Waals surface area contributed by atoms with Gasteiger partial charge in [-0.15, -0.1) is 0 Å². The molecule has 1 heterocycles. The summed E-state index contributed by atoms with van der Waals surface area (Å²) < 4.78 is 5.30. The van der Waals surface area contributed by atoms with Gasteiger partial charge in [0.05, 0.1) is 12.2 Å². The summed E-state index contributed by atoms with van der Waals surface area (Å²) in [5.41, 5.74) is 0. The van der Waals surface area contributed by atoms with E-state index in [0.29, 0.717) is 0 Å². The third kappa shape index (κ3) is 1.37. The maximum absolute atomic E-state index is 8.57. The van der Waals surface area contributed by atoms with E-state index in [2.05, 4.69) is 6.07 Å². The minimum Gasteiger partial charge on any atom is -0.356 e. The smallest absolute Gasteiger partial charge is 0.150 e. The summed E-state index contributed by atoms with van der Waals surface area (Å²) in [5, 5.41) is 8.57. The van der Waals surface area contributed by atoms with Crippen molar-refractivity contribution in [2.45, 2.75) is 26.1 Å². The lowest BCUT2D eigenvalue weighted by atomic mass is 10.0. The van der Waals surface area contributed by atoms with Gasteiger partial charge in [0, 0.05) is 5.92 Å². The zero-order valence-corrected chi connectivity index (χ0v) is 6.24. The summed E-state index contributed by atoms with van der Waals surface area (Å²) in [7, 11) is 0. The fourth-order valence-electron chi connectivity index (χ4n) is 0.981. The van der Waals surface area contributed by atoms with Gasteiger partial charge < -0.3 is 4.74 Å². The maximum Gasteiger partial charge on any atom is 0.150 e. The van der Waals surface area contributed by atoms with Gasteiger partial charge in [-0.25, -0.2) is 0 Å². The van der Waals surface area contributed by atoms with Gasteiger partial charge in [-0.1, -0.05) is 19.1 Å². The second-order valence-corrected chi connectivity index (χ2v) is 2.63. The van der Waals surface area contributed by atoms with Crippen molar-refractivity contribution in [1.82, 2.24) is 0 Å². The molecule has 1 aliphatic heterocycles. The first-order chi connectivity index (χ1) is 4.74. The quantitative estimate of drug-likeness (QED) is 0.474. The van der Waals surface area contributed by atoms with Crippen LogP contribution in [0.25, 0.3) is 0 Å². The van der Waals surface area contributed by atoms with Gasteiger partial charge in [-0.2, -0.15) is 5.26 Å². The highest BCUT2D eigenvalue weighted by Gasteiger charge is 2.20. The minimum atomic E-state index is -0.250. The molecular formula is C8H11NO. The van der Waals surface area contributed by atoms with Crippen LogP contribution in [0.2, 0.25) is 0 Å². The van der Waals surface area contributed by atoms with Crippen molar-refractivity contribution in [1.29, 1.82) is 5.26 Å². The lowest BCUT2D eigenvalue weighted by Gasteiger charge is -2.23. The Morgan fingerprint density at radius 3 is 2.60 bits per heavy atom. The Hall–Kier alpha value is -0.810. The van der Waals surface area contributed by atoms with Gasteiger partial charge in [-0.3, -0.25) is 0 Å². The molecule has 0 saturated heterocycles. The van der Waals surface area contributed by atoms with Gasteiger partial charge >= 0.3 is 0 Å². The molecule has 2 heteroatoms. The highest BCUT2D eigenvalue weighted by molar-refractivity contribution is 5.05. The Morgan fingerprint density at radius 2 is 2.10 bits per heavy atom. The molecule has 0 N–H and O–H groups in total. The van der Waals surface area contributed by atoms with Gasteiger partial charge in [-0.05, 0) is 6.92 Å². The molecule has 10 heavy (non-hydrogen) atoms. The Kier molecular flexibility index (Phi) is 2.08. The SMILES string of the molecule is CC1C=CC(C)C(C#N)O1. The van der Waals surface area contributed by atoms with E-state index in [0.717, 1.165) is 0 Å². The number of hydrogen-bond acceptors (Lipinski definition) is 2. The van der Waals surface area contributed by atoms with E-state index in [1.807, 2.05) is 26.0 Å². The summed E-state index contributed by atoms with van der Waals surface area (Å²) in [6.45, 7) is 3.92. The van der Waals surface area contributed by atoms with E-state index in [1.54, 1.807) is 0 Å². The van der Waals surface area contributed by atoms with E-state index in [1.165, 1.54) is 0 Å². The molecule has 0 fully saturated rings. The first-order valence-corrected chi connectivity index (χ1v) is 3.47. The number of ether oxygens (including phenoxy) is 1. The summed E-state index contributed by atoms with van der Waals surface area (Å²) >= 11 is 0. The minimum absolute atomic E-state index is 0.0980. The predicted molar refractivity (Wildman–Crippen MR) is 38.3 cm³/mol. The molecule has 1 aliphatic rings. The standard InChI is InChI=1S/C8H11NO/c1-6-3-4-7(2)10-8(6)5-9/h3-4,6-8H,1-2H3. The molecule has 54 valence electrons. The Bertz CT molecular complexity index is 180. The van der Waals surface area contributed by atoms with Crippen LogP contribution in [0.15, 0.2) is 12.2 Å². The van der Waals surface area contributed by atoms with Crippen LogP contribution >= 0.6 is 0 Å². The van der Waals surface area contributed by atoms with Crippen LogP contribution in [-0.4, -0.2) is 12.2 Å². The average Bonchev–Trinajstić information content (AvgIpc) is 1.94. The van der Waals surface area contributed by atoms with Crippen LogP contribution < -0.4 is 0 Å². The largest absolute Gasteiger partial charge is 0.356 e. The van der Waals surface area contributed by atoms with Crippen LogP contribution in [0.1, 0.15) is 13.8 Å². The zero-order valence-electron chi connectivity index (χ0n) is 6.24.